The number of nitrogens with zero attached hydrogens (tertiary/aromatic N) is 3. The molecule has 0 unspecified atom stereocenters. The van der Waals surface area contributed by atoms with E-state index in [-0.39, 0.29) is 17.4 Å². The van der Waals surface area contributed by atoms with Gasteiger partial charge < -0.3 is 5.21 Å². The molecule has 0 amide bonds. The molecule has 0 radical (unpaired) electrons. The number of hydrogen-bond acceptors (Lipinski definition) is 5. The van der Waals surface area contributed by atoms with Crippen molar-refractivity contribution in [2.75, 3.05) is 0 Å². The number of carbonyl (C=O) groups excluding carboxylic acids is 1. The molecule has 0 spiro atoms. The summed E-state index contributed by atoms with van der Waals surface area (Å²) >= 11 is 1.48. The fraction of sp³-hybridized carbons (Fsp3) is 0.188. The van der Waals surface area contributed by atoms with Crippen LogP contribution in [-0.4, -0.2) is 26.1 Å². The molecule has 1 fully saturated rings. The second-order valence-electron chi connectivity index (χ2n) is 5.31. The third kappa shape index (κ3) is 2.03. The minimum absolute atomic E-state index is 0.00649. The van der Waals surface area contributed by atoms with E-state index in [0.717, 1.165) is 28.2 Å². The van der Waals surface area contributed by atoms with Crippen LogP contribution in [-0.2, 0) is 4.79 Å². The minimum Gasteiger partial charge on any atom is -0.410 e. The summed E-state index contributed by atoms with van der Waals surface area (Å²) in [6, 6.07) is 9.79. The van der Waals surface area contributed by atoms with Crippen molar-refractivity contribution in [3.63, 3.8) is 0 Å². The maximum Gasteiger partial charge on any atom is 0.194 e. The Morgan fingerprint density at radius 3 is 2.77 bits per heavy atom. The predicted molar refractivity (Wildman–Crippen MR) is 84.6 cm³/mol. The topological polar surface area (TPSA) is 67.0 Å². The molecular formula is C16H13N3O2S. The quantitative estimate of drug-likeness (QED) is 0.457. The highest BCUT2D eigenvalue weighted by Gasteiger charge is 2.36. The van der Waals surface area contributed by atoms with Crippen LogP contribution in [0.4, 0.5) is 0 Å². The molecule has 22 heavy (non-hydrogen) atoms. The molecule has 4 rings (SSSR count). The molecule has 1 aromatic carbocycles. The Bertz CT molecular complexity index is 875. The number of oxime groups is 1. The molecular weight excluding hydrogens is 298 g/mol. The third-order valence-corrected chi connectivity index (χ3v) is 4.92. The SMILES string of the molecule is O=C(/C(=N/O)c1c(-c2ccccc2)sc2nccn12)C1CC1. The maximum atomic E-state index is 12.5. The second kappa shape index (κ2) is 5.06. The third-order valence-electron chi connectivity index (χ3n) is 3.80. The number of Topliss-reactive ketones (excluding diaryl/α,β-unsaturated/α-hetero) is 1. The van der Waals surface area contributed by atoms with Gasteiger partial charge in [0.05, 0.1) is 10.6 Å². The first-order chi connectivity index (χ1) is 10.8. The number of ketones is 1. The van der Waals surface area contributed by atoms with Crippen molar-refractivity contribution in [1.82, 2.24) is 9.38 Å². The molecule has 5 nitrogen and oxygen atoms in total. The normalized spacial score (nSPS) is 15.4. The van der Waals surface area contributed by atoms with E-state index in [1.54, 1.807) is 12.4 Å². The summed E-state index contributed by atoms with van der Waals surface area (Å²) in [5.74, 6) is -0.0962. The monoisotopic (exact) mass is 311 g/mol. The van der Waals surface area contributed by atoms with E-state index >= 15 is 0 Å². The molecule has 2 aromatic heterocycles. The Kier molecular flexibility index (Phi) is 3.04. The van der Waals surface area contributed by atoms with Crippen LogP contribution in [0.5, 0.6) is 0 Å². The van der Waals surface area contributed by atoms with Gasteiger partial charge >= 0.3 is 0 Å². The molecule has 3 aromatic rings. The Hall–Kier alpha value is -2.47. The van der Waals surface area contributed by atoms with E-state index < -0.39 is 0 Å². The first-order valence-corrected chi connectivity index (χ1v) is 7.89. The molecule has 1 aliphatic carbocycles. The zero-order valence-corrected chi connectivity index (χ0v) is 12.5. The van der Waals surface area contributed by atoms with Gasteiger partial charge in [0.2, 0.25) is 0 Å². The van der Waals surface area contributed by atoms with Crippen molar-refractivity contribution in [1.29, 1.82) is 0 Å². The number of carbonyl (C=O) groups is 1. The van der Waals surface area contributed by atoms with Crippen molar-refractivity contribution < 1.29 is 10.0 Å². The van der Waals surface area contributed by atoms with Gasteiger partial charge in [0, 0.05) is 18.3 Å². The molecule has 6 heteroatoms. The van der Waals surface area contributed by atoms with E-state index in [2.05, 4.69) is 10.1 Å². The van der Waals surface area contributed by atoms with Crippen molar-refractivity contribution in [2.24, 2.45) is 11.1 Å². The zero-order valence-electron chi connectivity index (χ0n) is 11.6. The number of thiazole rings is 1. The summed E-state index contributed by atoms with van der Waals surface area (Å²) < 4.78 is 1.82. The van der Waals surface area contributed by atoms with E-state index in [4.69, 9.17) is 0 Å². The molecule has 0 saturated heterocycles. The highest BCUT2D eigenvalue weighted by atomic mass is 32.1. The van der Waals surface area contributed by atoms with Gasteiger partial charge in [-0.2, -0.15) is 0 Å². The van der Waals surface area contributed by atoms with Gasteiger partial charge in [-0.3, -0.25) is 9.20 Å². The van der Waals surface area contributed by atoms with Gasteiger partial charge in [-0.05, 0) is 18.4 Å². The largest absolute Gasteiger partial charge is 0.410 e. The van der Waals surface area contributed by atoms with E-state index in [9.17, 15) is 10.0 Å². The van der Waals surface area contributed by atoms with Gasteiger partial charge in [0.1, 0.15) is 0 Å². The van der Waals surface area contributed by atoms with Crippen molar-refractivity contribution in [3.8, 4) is 10.4 Å². The maximum absolute atomic E-state index is 12.5. The molecule has 0 aliphatic heterocycles. The molecule has 0 atom stereocenters. The van der Waals surface area contributed by atoms with Gasteiger partial charge in [0.15, 0.2) is 16.5 Å². The van der Waals surface area contributed by atoms with Crippen LogP contribution < -0.4 is 0 Å². The van der Waals surface area contributed by atoms with Crippen molar-refractivity contribution >= 4 is 27.8 Å². The number of aromatic nitrogens is 2. The molecule has 1 N–H and O–H groups in total. The fourth-order valence-corrected chi connectivity index (χ4v) is 3.64. The summed E-state index contributed by atoms with van der Waals surface area (Å²) in [5, 5.41) is 12.8. The Morgan fingerprint density at radius 1 is 1.32 bits per heavy atom. The zero-order chi connectivity index (χ0) is 15.1. The van der Waals surface area contributed by atoms with Crippen LogP contribution in [0.25, 0.3) is 15.4 Å². The summed E-state index contributed by atoms with van der Waals surface area (Å²) in [4.78, 5) is 18.4. The molecule has 1 aliphatic rings. The van der Waals surface area contributed by atoms with E-state index in [1.165, 1.54) is 11.3 Å². The van der Waals surface area contributed by atoms with Crippen molar-refractivity contribution in [3.05, 3.63) is 48.4 Å². The standard InChI is InChI=1S/C16H13N3O2S/c20-14(10-6-7-10)12(18-21)13-15(11-4-2-1-3-5-11)22-16-17-8-9-19(13)16/h1-5,8-10,21H,6-7H2/b18-12+. The minimum atomic E-state index is -0.0897. The van der Waals surface area contributed by atoms with Crippen LogP contribution in [0.1, 0.15) is 18.5 Å². The molecule has 0 bridgehead atoms. The van der Waals surface area contributed by atoms with Gasteiger partial charge in [-0.1, -0.05) is 46.8 Å². The number of imidazole rings is 1. The lowest BCUT2D eigenvalue weighted by Crippen LogP contribution is -2.19. The lowest BCUT2D eigenvalue weighted by Gasteiger charge is -2.06. The Labute approximate surface area is 130 Å². The summed E-state index contributed by atoms with van der Waals surface area (Å²) in [6.07, 6.45) is 5.21. The molecule has 110 valence electrons. The Balaban J connectivity index is 1.94. The highest BCUT2D eigenvalue weighted by molar-refractivity contribution is 7.20. The van der Waals surface area contributed by atoms with Crippen molar-refractivity contribution in [2.45, 2.75) is 12.8 Å². The second-order valence-corrected chi connectivity index (χ2v) is 6.29. The van der Waals surface area contributed by atoms with Gasteiger partial charge in [0.25, 0.3) is 0 Å². The van der Waals surface area contributed by atoms with Crippen LogP contribution >= 0.6 is 11.3 Å². The average Bonchev–Trinajstić information content (AvgIpc) is 3.20. The highest BCUT2D eigenvalue weighted by Crippen LogP contribution is 2.36. The first kappa shape index (κ1) is 13.2. The van der Waals surface area contributed by atoms with E-state index in [1.807, 2.05) is 34.7 Å². The van der Waals surface area contributed by atoms with Gasteiger partial charge in [-0.25, -0.2) is 4.98 Å². The predicted octanol–water partition coefficient (Wildman–Crippen LogP) is 3.22. The number of rotatable bonds is 4. The fourth-order valence-electron chi connectivity index (χ4n) is 2.54. The smallest absolute Gasteiger partial charge is 0.194 e. The molecule has 1 saturated carbocycles. The summed E-state index contributed by atoms with van der Waals surface area (Å²) in [5.41, 5.74) is 1.74. The Morgan fingerprint density at radius 2 is 2.09 bits per heavy atom. The molecule has 2 heterocycles. The van der Waals surface area contributed by atoms with Crippen LogP contribution in [0.2, 0.25) is 0 Å². The first-order valence-electron chi connectivity index (χ1n) is 7.07. The van der Waals surface area contributed by atoms with Crippen LogP contribution in [0, 0.1) is 5.92 Å². The van der Waals surface area contributed by atoms with Crippen LogP contribution in [0.15, 0.2) is 47.9 Å². The van der Waals surface area contributed by atoms with E-state index in [0.29, 0.717) is 5.69 Å². The van der Waals surface area contributed by atoms with Gasteiger partial charge in [-0.15, -0.1) is 0 Å². The average molecular weight is 311 g/mol. The summed E-state index contributed by atoms with van der Waals surface area (Å²) in [6.45, 7) is 0. The number of benzene rings is 1. The van der Waals surface area contributed by atoms with Crippen LogP contribution in [0.3, 0.4) is 0 Å². The summed E-state index contributed by atoms with van der Waals surface area (Å²) in [7, 11) is 0. The number of hydrogen-bond donors (Lipinski definition) is 1. The lowest BCUT2D eigenvalue weighted by atomic mass is 10.0. The lowest BCUT2D eigenvalue weighted by molar-refractivity contribution is -0.114. The number of fused-ring (bicyclic) bond motifs is 1.